The van der Waals surface area contributed by atoms with Crippen molar-refractivity contribution in [1.29, 1.82) is 0 Å². The first-order valence-electron chi connectivity index (χ1n) is 12.1. The van der Waals surface area contributed by atoms with Crippen molar-refractivity contribution in [3.05, 3.63) is 40.8 Å². The zero-order valence-electron chi connectivity index (χ0n) is 20.3. The second-order valence-corrected chi connectivity index (χ2v) is 8.76. The molecule has 1 aromatic carbocycles. The van der Waals surface area contributed by atoms with Crippen molar-refractivity contribution in [1.82, 2.24) is 4.98 Å². The highest BCUT2D eigenvalue weighted by molar-refractivity contribution is 5.72. The summed E-state index contributed by atoms with van der Waals surface area (Å²) < 4.78 is 23.6. The van der Waals surface area contributed by atoms with E-state index in [1.807, 2.05) is 13.0 Å². The first kappa shape index (κ1) is 25.4. The van der Waals surface area contributed by atoms with Gasteiger partial charge < -0.3 is 23.7 Å². The average molecular weight is 460 g/mol. The number of rotatable bonds is 12. The Morgan fingerprint density at radius 1 is 1.18 bits per heavy atom. The quantitative estimate of drug-likeness (QED) is 0.464. The van der Waals surface area contributed by atoms with Gasteiger partial charge in [-0.15, -0.1) is 0 Å². The topological polar surface area (TPSA) is 91.0 Å². The summed E-state index contributed by atoms with van der Waals surface area (Å²) in [4.78, 5) is 16.1. The van der Waals surface area contributed by atoms with Gasteiger partial charge in [-0.05, 0) is 57.1 Å². The number of benzene rings is 1. The summed E-state index contributed by atoms with van der Waals surface area (Å²) in [7, 11) is 0. The number of hydrogen-bond donors (Lipinski definition) is 1. The molecule has 1 aliphatic carbocycles. The molecule has 1 saturated carbocycles. The number of carboxylic acids is 1. The lowest BCUT2D eigenvalue weighted by atomic mass is 9.95. The third kappa shape index (κ3) is 6.88. The van der Waals surface area contributed by atoms with Gasteiger partial charge in [-0.2, -0.15) is 0 Å². The molecular formula is C26H37NO6. The number of hydrogen-bond acceptors (Lipinski definition) is 6. The van der Waals surface area contributed by atoms with Gasteiger partial charge in [0.1, 0.15) is 11.5 Å². The van der Waals surface area contributed by atoms with Crippen LogP contribution in [0.1, 0.15) is 68.5 Å². The molecule has 182 valence electrons. The van der Waals surface area contributed by atoms with Gasteiger partial charge >= 0.3 is 5.97 Å². The number of carbonyl (C=O) groups is 1. The molecule has 1 fully saturated rings. The molecule has 7 nitrogen and oxygen atoms in total. The van der Waals surface area contributed by atoms with E-state index in [0.29, 0.717) is 19.1 Å². The van der Waals surface area contributed by atoms with Crippen molar-refractivity contribution < 1.29 is 28.5 Å². The molecule has 3 atom stereocenters. The maximum absolute atomic E-state index is 11.4. The minimum atomic E-state index is -0.982. The van der Waals surface area contributed by atoms with E-state index in [-0.39, 0.29) is 18.8 Å². The minimum Gasteiger partial charge on any atom is -0.479 e. The number of aryl methyl sites for hydroxylation is 3. The molecule has 1 N–H and O–H groups in total. The zero-order valence-corrected chi connectivity index (χ0v) is 20.3. The molecule has 2 aromatic rings. The maximum Gasteiger partial charge on any atom is 0.335 e. The van der Waals surface area contributed by atoms with Crippen LogP contribution in [0.2, 0.25) is 0 Å². The number of nitrogens with zero attached hydrogens (tertiary/aromatic N) is 1. The van der Waals surface area contributed by atoms with Gasteiger partial charge in [-0.25, -0.2) is 9.78 Å². The van der Waals surface area contributed by atoms with E-state index in [0.717, 1.165) is 66.7 Å². The second kappa shape index (κ2) is 12.3. The molecule has 1 aromatic heterocycles. The van der Waals surface area contributed by atoms with Crippen LogP contribution in [0.5, 0.6) is 0 Å². The van der Waals surface area contributed by atoms with E-state index in [1.165, 1.54) is 0 Å². The molecule has 1 aliphatic rings. The van der Waals surface area contributed by atoms with Crippen molar-refractivity contribution >= 4 is 5.97 Å². The summed E-state index contributed by atoms with van der Waals surface area (Å²) in [6, 6.07) is 6.18. The summed E-state index contributed by atoms with van der Waals surface area (Å²) >= 11 is 0. The molecule has 3 rings (SSSR count). The summed E-state index contributed by atoms with van der Waals surface area (Å²) in [5, 5.41) is 9.31. The summed E-state index contributed by atoms with van der Waals surface area (Å²) in [6.45, 7) is 9.02. The Balaban J connectivity index is 1.57. The predicted molar refractivity (Wildman–Crippen MR) is 125 cm³/mol. The van der Waals surface area contributed by atoms with E-state index in [2.05, 4.69) is 32.9 Å². The maximum atomic E-state index is 11.4. The van der Waals surface area contributed by atoms with E-state index in [1.54, 1.807) is 0 Å². The van der Waals surface area contributed by atoms with Crippen molar-refractivity contribution in [3.63, 3.8) is 0 Å². The Labute approximate surface area is 196 Å². The van der Waals surface area contributed by atoms with E-state index < -0.39 is 12.1 Å². The molecule has 33 heavy (non-hydrogen) atoms. The summed E-state index contributed by atoms with van der Waals surface area (Å²) in [5.41, 5.74) is 4.17. The van der Waals surface area contributed by atoms with Crippen LogP contribution in [0.15, 0.2) is 22.6 Å². The van der Waals surface area contributed by atoms with Crippen molar-refractivity contribution in [2.24, 2.45) is 0 Å². The number of oxazole rings is 1. The highest BCUT2D eigenvalue weighted by Gasteiger charge is 2.27. The molecule has 0 spiro atoms. The van der Waals surface area contributed by atoms with Crippen LogP contribution in [0.25, 0.3) is 11.5 Å². The van der Waals surface area contributed by atoms with Crippen LogP contribution in [0.4, 0.5) is 0 Å². The van der Waals surface area contributed by atoms with Crippen molar-refractivity contribution in [2.75, 3.05) is 13.2 Å². The van der Waals surface area contributed by atoms with Crippen LogP contribution in [0, 0.1) is 13.8 Å². The second-order valence-electron chi connectivity index (χ2n) is 8.76. The molecule has 1 heterocycles. The van der Waals surface area contributed by atoms with Crippen LogP contribution < -0.4 is 0 Å². The lowest BCUT2D eigenvalue weighted by molar-refractivity contribution is -0.157. The lowest BCUT2D eigenvalue weighted by Crippen LogP contribution is -2.34. The first-order valence-corrected chi connectivity index (χ1v) is 12.1. The smallest absolute Gasteiger partial charge is 0.335 e. The highest BCUT2D eigenvalue weighted by Crippen LogP contribution is 2.30. The van der Waals surface area contributed by atoms with Gasteiger partial charge in [0, 0.05) is 18.6 Å². The van der Waals surface area contributed by atoms with Gasteiger partial charge in [-0.1, -0.05) is 32.0 Å². The van der Waals surface area contributed by atoms with Gasteiger partial charge in [0.25, 0.3) is 0 Å². The van der Waals surface area contributed by atoms with Crippen molar-refractivity contribution in [2.45, 2.75) is 91.1 Å². The fourth-order valence-corrected chi connectivity index (χ4v) is 4.31. The van der Waals surface area contributed by atoms with E-state index >= 15 is 0 Å². The molecule has 0 aliphatic heterocycles. The monoisotopic (exact) mass is 459 g/mol. The molecular weight excluding hydrogens is 422 g/mol. The van der Waals surface area contributed by atoms with Gasteiger partial charge in [0.05, 0.1) is 25.4 Å². The third-order valence-corrected chi connectivity index (χ3v) is 6.11. The summed E-state index contributed by atoms with van der Waals surface area (Å²) in [5.74, 6) is 0.524. The van der Waals surface area contributed by atoms with Gasteiger partial charge in [-0.3, -0.25) is 0 Å². The number of aliphatic carboxylic acids is 1. The minimum absolute atomic E-state index is 0.0241. The lowest BCUT2D eigenvalue weighted by Gasteiger charge is -2.29. The van der Waals surface area contributed by atoms with Gasteiger partial charge in [0.2, 0.25) is 5.89 Å². The molecule has 0 bridgehead atoms. The number of aromatic nitrogens is 1. The molecule has 0 saturated heterocycles. The Bertz CT molecular complexity index is 888. The highest BCUT2D eigenvalue weighted by atomic mass is 16.6. The van der Waals surface area contributed by atoms with Crippen molar-refractivity contribution in [3.8, 4) is 11.5 Å². The van der Waals surface area contributed by atoms with Gasteiger partial charge in [0.15, 0.2) is 6.10 Å². The van der Waals surface area contributed by atoms with Crippen LogP contribution in [0.3, 0.4) is 0 Å². The molecule has 0 radical (unpaired) electrons. The van der Waals surface area contributed by atoms with Crippen LogP contribution in [-0.2, 0) is 32.0 Å². The fourth-order valence-electron chi connectivity index (χ4n) is 4.31. The molecule has 3 unspecified atom stereocenters. The fraction of sp³-hybridized carbons (Fsp3) is 0.615. The Kier molecular flexibility index (Phi) is 9.47. The largest absolute Gasteiger partial charge is 0.479 e. The Morgan fingerprint density at radius 3 is 2.52 bits per heavy atom. The zero-order chi connectivity index (χ0) is 23.8. The first-order chi connectivity index (χ1) is 15.9. The van der Waals surface area contributed by atoms with E-state index in [4.69, 9.17) is 23.6 Å². The Hall–Kier alpha value is -2.22. The third-order valence-electron chi connectivity index (χ3n) is 6.11. The molecule has 7 heteroatoms. The Morgan fingerprint density at radius 2 is 1.88 bits per heavy atom. The normalized spacial score (nSPS) is 19.5. The number of carboxylic acid groups (broad SMARTS) is 1. The van der Waals surface area contributed by atoms with Crippen LogP contribution >= 0.6 is 0 Å². The van der Waals surface area contributed by atoms with Crippen LogP contribution in [-0.4, -0.2) is 47.6 Å². The van der Waals surface area contributed by atoms with E-state index in [9.17, 15) is 9.90 Å². The SMILES string of the molecule is CCCOC(COC1CCCC(OCc2nc(-c3c(C)cccc3C)oc2CC)C1)C(=O)O. The molecule has 0 amide bonds. The standard InChI is InChI=1S/C26H37NO6/c1-5-13-30-23(26(28)29)16-32-20-12-8-11-19(14-20)31-15-21-22(6-2)33-25(27-21)24-17(3)9-7-10-18(24)4/h7,9-10,19-20,23H,5-6,8,11-16H2,1-4H3,(H,28,29). The predicted octanol–water partition coefficient (Wildman–Crippen LogP) is 5.25. The summed E-state index contributed by atoms with van der Waals surface area (Å²) in [6.07, 6.45) is 4.21. The average Bonchev–Trinajstić information content (AvgIpc) is 3.20. The number of ether oxygens (including phenoxy) is 3.